The summed E-state index contributed by atoms with van der Waals surface area (Å²) in [6.45, 7) is 0. The molecule has 1 aromatic rings. The summed E-state index contributed by atoms with van der Waals surface area (Å²) < 4.78 is 0. The maximum atomic E-state index is 11.7. The predicted molar refractivity (Wildman–Crippen MR) is 76.1 cm³/mol. The van der Waals surface area contributed by atoms with Gasteiger partial charge in [0.05, 0.1) is 6.04 Å². The number of nitrogens with two attached hydrogens (primary N) is 1. The number of hydrogen-bond donors (Lipinski definition) is 3. The van der Waals surface area contributed by atoms with Crippen LogP contribution in [-0.4, -0.2) is 41.1 Å². The van der Waals surface area contributed by atoms with Crippen molar-refractivity contribution < 1.29 is 14.7 Å². The minimum atomic E-state index is -1.06. The van der Waals surface area contributed by atoms with Crippen molar-refractivity contribution in [1.82, 2.24) is 5.32 Å². The lowest BCUT2D eigenvalue weighted by molar-refractivity contribution is -0.141. The second kappa shape index (κ2) is 7.81. The van der Waals surface area contributed by atoms with Gasteiger partial charge in [-0.05, 0) is 11.8 Å². The standard InChI is InChI=1S/C13H18N2O3S/c1-19-8-10(14)12(16)15-11(13(17)18)7-9-5-3-2-4-6-9/h2-6,10-11H,7-8,14H2,1H3,(H,15,16)(H,17,18)/t10-,11-/m0/s1. The fraction of sp³-hybridized carbons (Fsp3) is 0.385. The van der Waals surface area contributed by atoms with E-state index in [0.717, 1.165) is 5.56 Å². The van der Waals surface area contributed by atoms with Crippen LogP contribution < -0.4 is 11.1 Å². The van der Waals surface area contributed by atoms with Gasteiger partial charge in [-0.15, -0.1) is 0 Å². The zero-order valence-electron chi connectivity index (χ0n) is 10.7. The summed E-state index contributed by atoms with van der Waals surface area (Å²) in [5, 5.41) is 11.6. The Labute approximate surface area is 116 Å². The fourth-order valence-corrected chi connectivity index (χ4v) is 2.09. The first kappa shape index (κ1) is 15.5. The molecule has 6 heteroatoms. The van der Waals surface area contributed by atoms with Crippen LogP contribution in [0.4, 0.5) is 0 Å². The van der Waals surface area contributed by atoms with Crippen molar-refractivity contribution in [3.63, 3.8) is 0 Å². The van der Waals surface area contributed by atoms with Crippen molar-refractivity contribution in [2.75, 3.05) is 12.0 Å². The molecule has 1 amide bonds. The van der Waals surface area contributed by atoms with Gasteiger partial charge in [0.1, 0.15) is 6.04 Å². The summed E-state index contributed by atoms with van der Waals surface area (Å²) in [7, 11) is 0. The van der Waals surface area contributed by atoms with Gasteiger partial charge in [-0.25, -0.2) is 4.79 Å². The van der Waals surface area contributed by atoms with Gasteiger partial charge in [-0.3, -0.25) is 4.79 Å². The van der Waals surface area contributed by atoms with Gasteiger partial charge < -0.3 is 16.2 Å². The van der Waals surface area contributed by atoms with Gasteiger partial charge in [-0.2, -0.15) is 11.8 Å². The van der Waals surface area contributed by atoms with Crippen molar-refractivity contribution in [2.24, 2.45) is 5.73 Å². The zero-order valence-corrected chi connectivity index (χ0v) is 11.5. The number of thioether (sulfide) groups is 1. The van der Waals surface area contributed by atoms with Gasteiger partial charge in [0, 0.05) is 12.2 Å². The smallest absolute Gasteiger partial charge is 0.326 e. The van der Waals surface area contributed by atoms with Crippen molar-refractivity contribution >= 4 is 23.6 Å². The lowest BCUT2D eigenvalue weighted by Crippen LogP contribution is -2.50. The first-order chi connectivity index (χ1) is 9.04. The van der Waals surface area contributed by atoms with Crippen LogP contribution in [0.5, 0.6) is 0 Å². The Balaban J connectivity index is 2.64. The third-order valence-corrected chi connectivity index (χ3v) is 3.27. The average molecular weight is 282 g/mol. The molecule has 0 saturated carbocycles. The van der Waals surface area contributed by atoms with Crippen molar-refractivity contribution in [1.29, 1.82) is 0 Å². The van der Waals surface area contributed by atoms with Crippen molar-refractivity contribution in [3.8, 4) is 0 Å². The molecule has 0 heterocycles. The Morgan fingerprint density at radius 1 is 1.37 bits per heavy atom. The fourth-order valence-electron chi connectivity index (χ4n) is 1.58. The van der Waals surface area contributed by atoms with Crippen LogP contribution >= 0.6 is 11.8 Å². The van der Waals surface area contributed by atoms with E-state index in [0.29, 0.717) is 5.75 Å². The molecule has 0 bridgehead atoms. The number of carboxylic acids is 1. The molecular weight excluding hydrogens is 264 g/mol. The number of carboxylic acid groups (broad SMARTS) is 1. The van der Waals surface area contributed by atoms with Crippen LogP contribution in [0.2, 0.25) is 0 Å². The van der Waals surface area contributed by atoms with E-state index in [9.17, 15) is 9.59 Å². The van der Waals surface area contributed by atoms with Crippen molar-refractivity contribution in [2.45, 2.75) is 18.5 Å². The van der Waals surface area contributed by atoms with Gasteiger partial charge >= 0.3 is 5.97 Å². The molecule has 0 aliphatic carbocycles. The highest BCUT2D eigenvalue weighted by Crippen LogP contribution is 2.04. The molecule has 0 aliphatic rings. The van der Waals surface area contributed by atoms with E-state index in [1.54, 1.807) is 0 Å². The Morgan fingerprint density at radius 3 is 2.53 bits per heavy atom. The Bertz CT molecular complexity index is 425. The molecule has 0 spiro atoms. The lowest BCUT2D eigenvalue weighted by Gasteiger charge is -2.17. The molecule has 4 N–H and O–H groups in total. The van der Waals surface area contributed by atoms with Gasteiger partial charge in [0.15, 0.2) is 0 Å². The van der Waals surface area contributed by atoms with Crippen LogP contribution in [0.15, 0.2) is 30.3 Å². The monoisotopic (exact) mass is 282 g/mol. The summed E-state index contributed by atoms with van der Waals surface area (Å²) in [6.07, 6.45) is 2.08. The maximum absolute atomic E-state index is 11.7. The van der Waals surface area contributed by atoms with Gasteiger partial charge in [-0.1, -0.05) is 30.3 Å². The summed E-state index contributed by atoms with van der Waals surface area (Å²) in [5.41, 5.74) is 6.50. The normalized spacial score (nSPS) is 13.6. The predicted octanol–water partition coefficient (Wildman–Crippen LogP) is 0.489. The summed E-state index contributed by atoms with van der Waals surface area (Å²) in [5.74, 6) is -1.03. The molecule has 0 aromatic heterocycles. The molecule has 1 aromatic carbocycles. The number of aliphatic carboxylic acids is 1. The largest absolute Gasteiger partial charge is 0.480 e. The van der Waals surface area contributed by atoms with Crippen molar-refractivity contribution in [3.05, 3.63) is 35.9 Å². The van der Waals surface area contributed by atoms with Crippen LogP contribution in [-0.2, 0) is 16.0 Å². The second-order valence-electron chi connectivity index (χ2n) is 4.15. The lowest BCUT2D eigenvalue weighted by atomic mass is 10.1. The number of carbonyl (C=O) groups excluding carboxylic acids is 1. The molecule has 104 valence electrons. The van der Waals surface area contributed by atoms with E-state index < -0.39 is 24.0 Å². The second-order valence-corrected chi connectivity index (χ2v) is 5.06. The van der Waals surface area contributed by atoms with E-state index in [-0.39, 0.29) is 6.42 Å². The topological polar surface area (TPSA) is 92.4 Å². The maximum Gasteiger partial charge on any atom is 0.326 e. The Morgan fingerprint density at radius 2 is 2.00 bits per heavy atom. The molecule has 0 radical (unpaired) electrons. The van der Waals surface area contributed by atoms with E-state index >= 15 is 0 Å². The molecule has 0 unspecified atom stereocenters. The van der Waals surface area contributed by atoms with Crippen LogP contribution in [0, 0.1) is 0 Å². The summed E-state index contributed by atoms with van der Waals surface area (Å²) >= 11 is 1.44. The quantitative estimate of drug-likeness (QED) is 0.677. The Hall–Kier alpha value is -1.53. The molecular formula is C13H18N2O3S. The van der Waals surface area contributed by atoms with Gasteiger partial charge in [0.2, 0.25) is 5.91 Å². The van der Waals surface area contributed by atoms with E-state index in [2.05, 4.69) is 5.32 Å². The van der Waals surface area contributed by atoms with Crippen LogP contribution in [0.25, 0.3) is 0 Å². The molecule has 19 heavy (non-hydrogen) atoms. The third-order valence-electron chi connectivity index (χ3n) is 2.58. The number of amides is 1. The summed E-state index contributed by atoms with van der Waals surface area (Å²) in [4.78, 5) is 22.9. The molecule has 5 nitrogen and oxygen atoms in total. The van der Waals surface area contributed by atoms with E-state index in [1.165, 1.54) is 11.8 Å². The molecule has 0 aliphatic heterocycles. The number of rotatable bonds is 7. The van der Waals surface area contributed by atoms with Crippen LogP contribution in [0.3, 0.4) is 0 Å². The number of hydrogen-bond acceptors (Lipinski definition) is 4. The highest BCUT2D eigenvalue weighted by molar-refractivity contribution is 7.98. The minimum absolute atomic E-state index is 0.244. The minimum Gasteiger partial charge on any atom is -0.480 e. The zero-order chi connectivity index (χ0) is 14.3. The molecule has 2 atom stereocenters. The van der Waals surface area contributed by atoms with E-state index in [1.807, 2.05) is 36.6 Å². The third kappa shape index (κ3) is 5.32. The number of benzene rings is 1. The molecule has 0 saturated heterocycles. The van der Waals surface area contributed by atoms with Crippen LogP contribution in [0.1, 0.15) is 5.56 Å². The van der Waals surface area contributed by atoms with Gasteiger partial charge in [0.25, 0.3) is 0 Å². The summed E-state index contributed by atoms with van der Waals surface area (Å²) in [6, 6.07) is 7.51. The van der Waals surface area contributed by atoms with E-state index in [4.69, 9.17) is 10.8 Å². The number of nitrogens with one attached hydrogen (secondary N) is 1. The highest BCUT2D eigenvalue weighted by atomic mass is 32.2. The number of carbonyl (C=O) groups is 2. The molecule has 1 rings (SSSR count). The first-order valence-electron chi connectivity index (χ1n) is 5.86. The first-order valence-corrected chi connectivity index (χ1v) is 7.25. The SMILES string of the molecule is CSC[C@H](N)C(=O)N[C@@H](Cc1ccccc1)C(=O)O. The highest BCUT2D eigenvalue weighted by Gasteiger charge is 2.23. The molecule has 0 fully saturated rings. The Kier molecular flexibility index (Phi) is 6.38. The average Bonchev–Trinajstić information content (AvgIpc) is 2.39.